The summed E-state index contributed by atoms with van der Waals surface area (Å²) >= 11 is 0. The predicted octanol–water partition coefficient (Wildman–Crippen LogP) is -0.690. The lowest BCUT2D eigenvalue weighted by atomic mass is 10.1. The molecular weight excluding hydrogens is 234 g/mol. The van der Waals surface area contributed by atoms with Crippen molar-refractivity contribution >= 4 is 17.9 Å². The lowest BCUT2D eigenvalue weighted by Gasteiger charge is -2.00. The summed E-state index contributed by atoms with van der Waals surface area (Å²) in [4.78, 5) is 18.3. The maximum Gasteiger partial charge on any atom is 0.281 e. The Bertz CT molecular complexity index is 326. The van der Waals surface area contributed by atoms with Crippen molar-refractivity contribution in [3.8, 4) is 0 Å². The number of hydrogen-bond donors (Lipinski definition) is 4. The number of nitrogens with one attached hydrogen (secondary N) is 1. The minimum Gasteiger partial charge on any atom is -0.400 e. The first-order chi connectivity index (χ1) is 8.60. The maximum absolute atomic E-state index is 9.22. The summed E-state index contributed by atoms with van der Waals surface area (Å²) in [5, 5.41) is 10.1. The zero-order valence-electron chi connectivity index (χ0n) is 10.7. The van der Waals surface area contributed by atoms with Crippen LogP contribution in [0.1, 0.15) is 5.56 Å². The van der Waals surface area contributed by atoms with Crippen LogP contribution in [0.15, 0.2) is 24.3 Å². The summed E-state index contributed by atoms with van der Waals surface area (Å²) in [6, 6.07) is 8.00. The molecule has 1 aromatic carbocycles. The predicted molar refractivity (Wildman–Crippen MR) is 71.9 cm³/mol. The first-order valence-corrected chi connectivity index (χ1v) is 5.28. The van der Waals surface area contributed by atoms with E-state index >= 15 is 0 Å². The third kappa shape index (κ3) is 12.2. The van der Waals surface area contributed by atoms with Crippen molar-refractivity contribution in [3.05, 3.63) is 29.8 Å². The number of primary amides is 1. The van der Waals surface area contributed by atoms with E-state index in [2.05, 4.69) is 23.2 Å². The van der Waals surface area contributed by atoms with E-state index in [1.54, 1.807) is 0 Å². The largest absolute Gasteiger partial charge is 0.400 e. The molecule has 1 rings (SSSR count). The summed E-state index contributed by atoms with van der Waals surface area (Å²) in [5.74, 6) is -0.926. The molecular formula is C12H21N3O3. The van der Waals surface area contributed by atoms with Crippen LogP contribution in [0.25, 0.3) is 0 Å². The molecule has 0 saturated carbocycles. The molecule has 6 nitrogen and oxygen atoms in total. The molecule has 0 aliphatic heterocycles. The molecule has 0 radical (unpaired) electrons. The van der Waals surface area contributed by atoms with Gasteiger partial charge in [0.05, 0.1) is 0 Å². The monoisotopic (exact) mass is 255 g/mol. The average molecular weight is 255 g/mol. The second-order valence-electron chi connectivity index (χ2n) is 3.12. The van der Waals surface area contributed by atoms with Gasteiger partial charge in [-0.05, 0) is 37.7 Å². The van der Waals surface area contributed by atoms with Gasteiger partial charge in [-0.1, -0.05) is 12.1 Å². The summed E-state index contributed by atoms with van der Waals surface area (Å²) < 4.78 is 0. The standard InChI is InChI=1S/C9H14N2.C2H3NO2.CH4O/c1-11-7-6-8-2-4-9(10)5-3-8;3-2(5)1-4;1-2/h2-5,11H,6-7,10H2,1H3;1H,(H2,3,5);2H,1H3. The molecule has 6 N–H and O–H groups in total. The second-order valence-corrected chi connectivity index (χ2v) is 3.12. The number of carbonyl (C=O) groups excluding carboxylic acids is 2. The van der Waals surface area contributed by atoms with Crippen LogP contribution in [0.5, 0.6) is 0 Å². The number of aliphatic hydroxyl groups excluding tert-OH is 1. The highest BCUT2D eigenvalue weighted by molar-refractivity contribution is 6.22. The molecule has 6 heteroatoms. The van der Waals surface area contributed by atoms with Gasteiger partial charge in [0, 0.05) is 12.8 Å². The van der Waals surface area contributed by atoms with Crippen LogP contribution >= 0.6 is 0 Å². The minimum atomic E-state index is -0.926. The molecule has 0 heterocycles. The van der Waals surface area contributed by atoms with E-state index in [1.165, 1.54) is 5.56 Å². The van der Waals surface area contributed by atoms with Gasteiger partial charge in [0.15, 0.2) is 0 Å². The number of anilines is 1. The Morgan fingerprint density at radius 1 is 1.33 bits per heavy atom. The van der Waals surface area contributed by atoms with Gasteiger partial charge in [0.2, 0.25) is 6.29 Å². The Kier molecular flexibility index (Phi) is 13.5. The molecule has 102 valence electrons. The van der Waals surface area contributed by atoms with E-state index in [9.17, 15) is 4.79 Å². The van der Waals surface area contributed by atoms with Crippen molar-refractivity contribution in [3.63, 3.8) is 0 Å². The SMILES string of the molecule is CNCCc1ccc(N)cc1.CO.NC(=O)C=O. The Balaban J connectivity index is 0. The zero-order chi connectivity index (χ0) is 14.4. The van der Waals surface area contributed by atoms with Crippen molar-refractivity contribution in [1.82, 2.24) is 5.32 Å². The highest BCUT2D eigenvalue weighted by Gasteiger charge is 1.89. The van der Waals surface area contributed by atoms with Gasteiger partial charge in [-0.25, -0.2) is 0 Å². The summed E-state index contributed by atoms with van der Waals surface area (Å²) in [5.41, 5.74) is 12.0. The van der Waals surface area contributed by atoms with Gasteiger partial charge in [-0.15, -0.1) is 0 Å². The van der Waals surface area contributed by atoms with Crippen molar-refractivity contribution < 1.29 is 14.7 Å². The lowest BCUT2D eigenvalue weighted by molar-refractivity contribution is -0.129. The highest BCUT2D eigenvalue weighted by Crippen LogP contribution is 2.04. The van der Waals surface area contributed by atoms with Crippen LogP contribution in [-0.2, 0) is 16.0 Å². The van der Waals surface area contributed by atoms with E-state index in [1.807, 2.05) is 19.2 Å². The van der Waals surface area contributed by atoms with Crippen LogP contribution in [-0.4, -0.2) is 38.0 Å². The number of aliphatic hydroxyl groups is 1. The lowest BCUT2D eigenvalue weighted by Crippen LogP contribution is -2.10. The van der Waals surface area contributed by atoms with Crippen LogP contribution < -0.4 is 16.8 Å². The van der Waals surface area contributed by atoms with Crippen LogP contribution in [0, 0.1) is 0 Å². The number of nitrogens with two attached hydrogens (primary N) is 2. The smallest absolute Gasteiger partial charge is 0.281 e. The molecule has 0 fully saturated rings. The average Bonchev–Trinajstić information content (AvgIpc) is 2.41. The number of nitrogen functional groups attached to an aromatic ring is 1. The van der Waals surface area contributed by atoms with E-state index in [0.717, 1.165) is 25.8 Å². The molecule has 0 unspecified atom stereocenters. The first-order valence-electron chi connectivity index (χ1n) is 5.28. The number of aldehydes is 1. The van der Waals surface area contributed by atoms with E-state index < -0.39 is 5.91 Å². The van der Waals surface area contributed by atoms with Gasteiger partial charge >= 0.3 is 0 Å². The summed E-state index contributed by atoms with van der Waals surface area (Å²) in [6.07, 6.45) is 1.12. The fraction of sp³-hybridized carbons (Fsp3) is 0.333. The number of benzene rings is 1. The normalized spacial score (nSPS) is 8.17. The summed E-state index contributed by atoms with van der Waals surface area (Å²) in [6.45, 7) is 1.02. The molecule has 1 amide bonds. The molecule has 0 saturated heterocycles. The third-order valence-electron chi connectivity index (χ3n) is 1.76. The zero-order valence-corrected chi connectivity index (χ0v) is 10.7. The van der Waals surface area contributed by atoms with Crippen molar-refractivity contribution in [1.29, 1.82) is 0 Å². The van der Waals surface area contributed by atoms with Crippen molar-refractivity contribution in [2.24, 2.45) is 5.73 Å². The van der Waals surface area contributed by atoms with Crippen molar-refractivity contribution in [2.45, 2.75) is 6.42 Å². The molecule has 0 bridgehead atoms. The topological polar surface area (TPSA) is 118 Å². The molecule has 1 aromatic rings. The van der Waals surface area contributed by atoms with Gasteiger partial charge in [0.1, 0.15) is 0 Å². The number of likely N-dealkylation sites (N-methyl/N-ethyl adjacent to an activating group) is 1. The Morgan fingerprint density at radius 2 is 1.78 bits per heavy atom. The molecule has 0 spiro atoms. The molecule has 0 aromatic heterocycles. The molecule has 0 aliphatic rings. The third-order valence-corrected chi connectivity index (χ3v) is 1.76. The van der Waals surface area contributed by atoms with Crippen LogP contribution in [0.2, 0.25) is 0 Å². The fourth-order valence-electron chi connectivity index (χ4n) is 0.954. The van der Waals surface area contributed by atoms with Gasteiger partial charge in [-0.3, -0.25) is 9.59 Å². The van der Waals surface area contributed by atoms with Crippen LogP contribution in [0.3, 0.4) is 0 Å². The minimum absolute atomic E-state index is 0.0556. The second kappa shape index (κ2) is 13.1. The number of rotatable bonds is 4. The number of amides is 1. The molecule has 18 heavy (non-hydrogen) atoms. The maximum atomic E-state index is 9.22. The number of carbonyl (C=O) groups is 2. The van der Waals surface area contributed by atoms with Gasteiger partial charge in [0.25, 0.3) is 5.91 Å². The van der Waals surface area contributed by atoms with E-state index in [4.69, 9.17) is 15.6 Å². The van der Waals surface area contributed by atoms with Crippen molar-refractivity contribution in [2.75, 3.05) is 26.4 Å². The molecule has 0 aliphatic carbocycles. The Labute approximate surface area is 107 Å². The van der Waals surface area contributed by atoms with E-state index in [-0.39, 0.29) is 6.29 Å². The highest BCUT2D eigenvalue weighted by atomic mass is 16.2. The van der Waals surface area contributed by atoms with Gasteiger partial charge < -0.3 is 21.9 Å². The van der Waals surface area contributed by atoms with Crippen LogP contribution in [0.4, 0.5) is 5.69 Å². The van der Waals surface area contributed by atoms with E-state index in [0.29, 0.717) is 0 Å². The Morgan fingerprint density at radius 3 is 2.11 bits per heavy atom. The quantitative estimate of drug-likeness (QED) is 0.322. The van der Waals surface area contributed by atoms with Gasteiger partial charge in [-0.2, -0.15) is 0 Å². The summed E-state index contributed by atoms with van der Waals surface area (Å²) in [7, 11) is 2.96. The Hall–Kier alpha value is -1.92. The first kappa shape index (κ1) is 18.4. The number of hydrogen-bond acceptors (Lipinski definition) is 5. The fourth-order valence-corrected chi connectivity index (χ4v) is 0.954. The molecule has 0 atom stereocenters.